The van der Waals surface area contributed by atoms with Crippen molar-refractivity contribution in [2.24, 2.45) is 0 Å². The number of benzene rings is 1. The summed E-state index contributed by atoms with van der Waals surface area (Å²) in [7, 11) is 3.10. The molecule has 1 N–H and O–H groups in total. The summed E-state index contributed by atoms with van der Waals surface area (Å²) in [4.78, 5) is 28.8. The second kappa shape index (κ2) is 6.29. The minimum Gasteiger partial charge on any atom is -0.477 e. The molecule has 0 aliphatic carbocycles. The van der Waals surface area contributed by atoms with Crippen LogP contribution in [0.25, 0.3) is 10.9 Å². The highest BCUT2D eigenvalue weighted by Crippen LogP contribution is 2.25. The third-order valence-electron chi connectivity index (χ3n) is 2.92. The van der Waals surface area contributed by atoms with Gasteiger partial charge in [0.25, 0.3) is 0 Å². The first kappa shape index (κ1) is 16.8. The van der Waals surface area contributed by atoms with Crippen molar-refractivity contribution < 1.29 is 23.5 Å². The largest absolute Gasteiger partial charge is 0.477 e. The van der Waals surface area contributed by atoms with Gasteiger partial charge in [-0.05, 0) is 12.1 Å². The van der Waals surface area contributed by atoms with E-state index in [2.05, 4.69) is 4.98 Å². The van der Waals surface area contributed by atoms with E-state index < -0.39 is 29.0 Å². The summed E-state index contributed by atoms with van der Waals surface area (Å²) in [5.74, 6) is -4.53. The molecular weight excluding hydrogens is 330 g/mol. The number of fused-ring (bicyclic) bond motifs is 1. The Kier molecular flexibility index (Phi) is 4.60. The highest BCUT2D eigenvalue weighted by Gasteiger charge is 2.23. The monoisotopic (exact) mass is 340 g/mol. The molecule has 0 fully saturated rings. The Balaban J connectivity index is 2.62. The second-order valence-electron chi connectivity index (χ2n) is 4.93. The van der Waals surface area contributed by atoms with Gasteiger partial charge in [-0.15, -0.1) is 0 Å². The lowest BCUT2D eigenvalue weighted by atomic mass is 10.0. The highest BCUT2D eigenvalue weighted by atomic mass is 35.5. The zero-order chi connectivity index (χ0) is 17.3. The summed E-state index contributed by atoms with van der Waals surface area (Å²) in [5.41, 5.74) is -0.680. The number of carbonyl (C=O) groups is 2. The Morgan fingerprint density at radius 1 is 1.22 bits per heavy atom. The standard InChI is InChI=1S/C15H11ClF2N2O3/c1-20(2)6-9(15(22)23)13(21)8-3-7-4-10(17)11(18)5-12(7)19-14(8)16/h3-6H,1-2H3,(H,22,23). The van der Waals surface area contributed by atoms with Crippen LogP contribution < -0.4 is 0 Å². The molecular formula is C15H11ClF2N2O3. The third-order valence-corrected chi connectivity index (χ3v) is 3.21. The first-order valence-electron chi connectivity index (χ1n) is 6.32. The smallest absolute Gasteiger partial charge is 0.341 e. The SMILES string of the molecule is CN(C)C=C(C(=O)O)C(=O)c1cc2cc(F)c(F)cc2nc1Cl. The van der Waals surface area contributed by atoms with Crippen molar-refractivity contribution >= 4 is 34.3 Å². The Hall–Kier alpha value is -2.54. The summed E-state index contributed by atoms with van der Waals surface area (Å²) in [6.07, 6.45) is 1.12. The molecule has 1 aromatic carbocycles. The van der Waals surface area contributed by atoms with Crippen LogP contribution in [0.5, 0.6) is 0 Å². The number of Topliss-reactive ketones (excluding diaryl/α,β-unsaturated/α-hetero) is 1. The second-order valence-corrected chi connectivity index (χ2v) is 5.28. The first-order chi connectivity index (χ1) is 10.7. The molecule has 0 aliphatic heterocycles. The number of ketones is 1. The van der Waals surface area contributed by atoms with Crippen molar-refractivity contribution in [3.63, 3.8) is 0 Å². The van der Waals surface area contributed by atoms with E-state index >= 15 is 0 Å². The maximum absolute atomic E-state index is 13.3. The molecule has 2 aromatic rings. The van der Waals surface area contributed by atoms with E-state index in [-0.39, 0.29) is 21.6 Å². The molecule has 2 rings (SSSR count). The quantitative estimate of drug-likeness (QED) is 0.305. The zero-order valence-electron chi connectivity index (χ0n) is 12.1. The Morgan fingerprint density at radius 2 is 1.83 bits per heavy atom. The molecule has 0 amide bonds. The van der Waals surface area contributed by atoms with Crippen LogP contribution in [0.2, 0.25) is 5.15 Å². The minimum absolute atomic E-state index is 0.0546. The van der Waals surface area contributed by atoms with Crippen molar-refractivity contribution in [2.75, 3.05) is 14.1 Å². The number of rotatable bonds is 4. The molecule has 120 valence electrons. The maximum atomic E-state index is 13.3. The number of carboxylic acids is 1. The summed E-state index contributed by atoms with van der Waals surface area (Å²) in [5, 5.41) is 8.99. The fourth-order valence-corrected chi connectivity index (χ4v) is 2.15. The van der Waals surface area contributed by atoms with Crippen LogP contribution in [-0.4, -0.2) is 40.8 Å². The molecule has 8 heteroatoms. The van der Waals surface area contributed by atoms with Crippen LogP contribution >= 0.6 is 11.6 Å². The normalized spacial score (nSPS) is 11.6. The molecule has 0 radical (unpaired) electrons. The lowest BCUT2D eigenvalue weighted by Crippen LogP contribution is -2.17. The molecule has 0 aliphatic rings. The van der Waals surface area contributed by atoms with E-state index in [0.29, 0.717) is 0 Å². The van der Waals surface area contributed by atoms with Gasteiger partial charge >= 0.3 is 5.97 Å². The van der Waals surface area contributed by atoms with Gasteiger partial charge < -0.3 is 10.0 Å². The van der Waals surface area contributed by atoms with Crippen LogP contribution in [0.15, 0.2) is 30.0 Å². The van der Waals surface area contributed by atoms with Crippen LogP contribution in [0.4, 0.5) is 8.78 Å². The molecule has 0 saturated heterocycles. The molecule has 1 aromatic heterocycles. The summed E-state index contributed by atoms with van der Waals surface area (Å²) in [6.45, 7) is 0. The molecule has 0 saturated carbocycles. The van der Waals surface area contributed by atoms with Crippen LogP contribution in [0, 0.1) is 11.6 Å². The zero-order valence-corrected chi connectivity index (χ0v) is 12.9. The lowest BCUT2D eigenvalue weighted by Gasteiger charge is -2.10. The Labute approximate surface area is 134 Å². The van der Waals surface area contributed by atoms with Gasteiger partial charge in [-0.2, -0.15) is 0 Å². The van der Waals surface area contributed by atoms with Crippen LogP contribution in [-0.2, 0) is 4.79 Å². The molecule has 0 atom stereocenters. The predicted octanol–water partition coefficient (Wildman–Crippen LogP) is 2.88. The fraction of sp³-hybridized carbons (Fsp3) is 0.133. The van der Waals surface area contributed by atoms with Crippen molar-refractivity contribution in [3.05, 3.63) is 52.3 Å². The summed E-state index contributed by atoms with van der Waals surface area (Å²) < 4.78 is 26.5. The number of nitrogens with zero attached hydrogens (tertiary/aromatic N) is 2. The van der Waals surface area contributed by atoms with E-state index in [1.165, 1.54) is 11.0 Å². The van der Waals surface area contributed by atoms with E-state index in [0.717, 1.165) is 18.3 Å². The van der Waals surface area contributed by atoms with Gasteiger partial charge in [0.15, 0.2) is 11.6 Å². The van der Waals surface area contributed by atoms with Crippen molar-refractivity contribution in [1.29, 1.82) is 0 Å². The number of hydrogen-bond donors (Lipinski definition) is 1. The lowest BCUT2D eigenvalue weighted by molar-refractivity contribution is -0.132. The van der Waals surface area contributed by atoms with Gasteiger partial charge in [-0.3, -0.25) is 4.79 Å². The third kappa shape index (κ3) is 3.45. The molecule has 23 heavy (non-hydrogen) atoms. The van der Waals surface area contributed by atoms with Crippen molar-refractivity contribution in [1.82, 2.24) is 9.88 Å². The average Bonchev–Trinajstić information content (AvgIpc) is 2.45. The molecule has 0 unspecified atom stereocenters. The van der Waals surface area contributed by atoms with E-state index in [4.69, 9.17) is 16.7 Å². The molecule has 0 bridgehead atoms. The van der Waals surface area contributed by atoms with Gasteiger partial charge in [0.2, 0.25) is 5.78 Å². The summed E-state index contributed by atoms with van der Waals surface area (Å²) >= 11 is 5.89. The van der Waals surface area contributed by atoms with Gasteiger partial charge in [0.1, 0.15) is 10.7 Å². The number of carboxylic acid groups (broad SMARTS) is 1. The van der Waals surface area contributed by atoms with E-state index in [1.807, 2.05) is 0 Å². The topological polar surface area (TPSA) is 70.5 Å². The Morgan fingerprint density at radius 3 is 2.39 bits per heavy atom. The van der Waals surface area contributed by atoms with E-state index in [1.54, 1.807) is 14.1 Å². The number of halogens is 3. The number of hydrogen-bond acceptors (Lipinski definition) is 4. The molecule has 5 nitrogen and oxygen atoms in total. The predicted molar refractivity (Wildman–Crippen MR) is 80.4 cm³/mol. The maximum Gasteiger partial charge on any atom is 0.341 e. The Bertz CT molecular complexity index is 850. The van der Waals surface area contributed by atoms with Crippen LogP contribution in [0.1, 0.15) is 10.4 Å². The first-order valence-corrected chi connectivity index (χ1v) is 6.70. The van der Waals surface area contributed by atoms with Gasteiger partial charge in [0, 0.05) is 31.7 Å². The molecule has 0 spiro atoms. The minimum atomic E-state index is -1.44. The van der Waals surface area contributed by atoms with Gasteiger partial charge in [-0.1, -0.05) is 11.6 Å². The van der Waals surface area contributed by atoms with E-state index in [9.17, 15) is 18.4 Å². The highest BCUT2D eigenvalue weighted by molar-refractivity contribution is 6.36. The number of pyridine rings is 1. The van der Waals surface area contributed by atoms with Gasteiger partial charge in [0.05, 0.1) is 11.1 Å². The average molecular weight is 341 g/mol. The summed E-state index contributed by atoms with van der Waals surface area (Å²) in [6, 6.07) is 2.89. The molecule has 1 heterocycles. The fourth-order valence-electron chi connectivity index (χ4n) is 1.92. The van der Waals surface area contributed by atoms with Crippen molar-refractivity contribution in [2.45, 2.75) is 0 Å². The number of aromatic nitrogens is 1. The van der Waals surface area contributed by atoms with Crippen LogP contribution in [0.3, 0.4) is 0 Å². The number of carbonyl (C=O) groups excluding carboxylic acids is 1. The van der Waals surface area contributed by atoms with Gasteiger partial charge in [-0.25, -0.2) is 18.6 Å². The number of aliphatic carboxylic acids is 1. The van der Waals surface area contributed by atoms with Crippen molar-refractivity contribution in [3.8, 4) is 0 Å².